The van der Waals surface area contributed by atoms with Crippen molar-refractivity contribution < 1.29 is 14.7 Å². The third-order valence-electron chi connectivity index (χ3n) is 2.29. The average molecular weight is 200 g/mol. The molecule has 3 N–H and O–H groups in total. The molecule has 0 heterocycles. The van der Waals surface area contributed by atoms with E-state index in [-0.39, 0.29) is 12.5 Å². The number of carbonyl (C=O) groups excluding carboxylic acids is 1. The molecule has 0 aliphatic heterocycles. The van der Waals surface area contributed by atoms with Crippen molar-refractivity contribution in [2.45, 2.75) is 38.1 Å². The molecule has 0 aromatic carbocycles. The summed E-state index contributed by atoms with van der Waals surface area (Å²) in [5.74, 6) is -0.828. The van der Waals surface area contributed by atoms with Crippen LogP contribution in [-0.4, -0.2) is 29.7 Å². The molecule has 80 valence electrons. The summed E-state index contributed by atoms with van der Waals surface area (Å²) in [6.07, 6.45) is 3.88. The SMILES string of the molecule is O=C(O)CCCNC(=O)NC1CCC1. The van der Waals surface area contributed by atoms with Crippen LogP contribution in [0, 0.1) is 0 Å². The summed E-state index contributed by atoms with van der Waals surface area (Å²) in [6, 6.07) is 0.148. The molecule has 0 atom stereocenters. The number of hydrogen-bond donors (Lipinski definition) is 3. The molecular weight excluding hydrogens is 184 g/mol. The molecule has 1 aliphatic carbocycles. The van der Waals surface area contributed by atoms with Crippen LogP contribution in [0.5, 0.6) is 0 Å². The fraction of sp³-hybridized carbons (Fsp3) is 0.778. The van der Waals surface area contributed by atoms with Crippen LogP contribution in [0.3, 0.4) is 0 Å². The summed E-state index contributed by atoms with van der Waals surface area (Å²) < 4.78 is 0. The van der Waals surface area contributed by atoms with Crippen LogP contribution in [0.4, 0.5) is 4.79 Å². The summed E-state index contributed by atoms with van der Waals surface area (Å²) >= 11 is 0. The quantitative estimate of drug-likeness (QED) is 0.572. The normalized spacial score (nSPS) is 15.7. The van der Waals surface area contributed by atoms with E-state index in [2.05, 4.69) is 10.6 Å². The molecular formula is C9H16N2O3. The van der Waals surface area contributed by atoms with E-state index in [1.165, 1.54) is 6.42 Å². The molecule has 0 saturated heterocycles. The molecule has 2 amide bonds. The zero-order valence-electron chi connectivity index (χ0n) is 8.08. The number of amides is 2. The topological polar surface area (TPSA) is 78.4 Å². The van der Waals surface area contributed by atoms with Crippen molar-refractivity contribution in [2.24, 2.45) is 0 Å². The second-order valence-corrected chi connectivity index (χ2v) is 3.53. The van der Waals surface area contributed by atoms with Crippen LogP contribution in [0.2, 0.25) is 0 Å². The second-order valence-electron chi connectivity index (χ2n) is 3.53. The number of urea groups is 1. The first kappa shape index (κ1) is 10.8. The van der Waals surface area contributed by atoms with Crippen LogP contribution in [0.1, 0.15) is 32.1 Å². The summed E-state index contributed by atoms with van der Waals surface area (Å²) in [4.78, 5) is 21.3. The van der Waals surface area contributed by atoms with Crippen LogP contribution in [0.15, 0.2) is 0 Å². The van der Waals surface area contributed by atoms with Crippen molar-refractivity contribution in [2.75, 3.05) is 6.54 Å². The number of nitrogens with one attached hydrogen (secondary N) is 2. The van der Waals surface area contributed by atoms with Crippen LogP contribution in [-0.2, 0) is 4.79 Å². The Morgan fingerprint density at radius 2 is 2.07 bits per heavy atom. The first-order chi connectivity index (χ1) is 6.68. The van der Waals surface area contributed by atoms with Crippen LogP contribution < -0.4 is 10.6 Å². The molecule has 0 bridgehead atoms. The number of aliphatic carboxylic acids is 1. The maximum Gasteiger partial charge on any atom is 0.315 e. The van der Waals surface area contributed by atoms with Crippen molar-refractivity contribution in [3.63, 3.8) is 0 Å². The molecule has 1 rings (SSSR count). The number of carboxylic acids is 1. The third kappa shape index (κ3) is 4.11. The van der Waals surface area contributed by atoms with E-state index in [0.717, 1.165) is 12.8 Å². The van der Waals surface area contributed by atoms with Crippen molar-refractivity contribution in [3.05, 3.63) is 0 Å². The van der Waals surface area contributed by atoms with Gasteiger partial charge in [-0.25, -0.2) is 4.79 Å². The van der Waals surface area contributed by atoms with E-state index in [9.17, 15) is 9.59 Å². The lowest BCUT2D eigenvalue weighted by Gasteiger charge is -2.26. The van der Waals surface area contributed by atoms with E-state index >= 15 is 0 Å². The second kappa shape index (κ2) is 5.47. The molecule has 0 aromatic heterocycles. The van der Waals surface area contributed by atoms with Gasteiger partial charge in [-0.2, -0.15) is 0 Å². The highest BCUT2D eigenvalue weighted by Crippen LogP contribution is 2.17. The molecule has 0 unspecified atom stereocenters. The third-order valence-corrected chi connectivity index (χ3v) is 2.29. The smallest absolute Gasteiger partial charge is 0.315 e. The minimum Gasteiger partial charge on any atom is -0.481 e. The average Bonchev–Trinajstić information content (AvgIpc) is 2.05. The van der Waals surface area contributed by atoms with Crippen molar-refractivity contribution in [1.29, 1.82) is 0 Å². The van der Waals surface area contributed by atoms with E-state index in [1.54, 1.807) is 0 Å². The number of rotatable bonds is 5. The zero-order valence-corrected chi connectivity index (χ0v) is 8.08. The Bertz CT molecular complexity index is 214. The van der Waals surface area contributed by atoms with E-state index in [0.29, 0.717) is 19.0 Å². The van der Waals surface area contributed by atoms with Gasteiger partial charge in [-0.3, -0.25) is 4.79 Å². The van der Waals surface area contributed by atoms with Gasteiger partial charge < -0.3 is 15.7 Å². The summed E-state index contributed by atoms with van der Waals surface area (Å²) in [5, 5.41) is 13.8. The first-order valence-corrected chi connectivity index (χ1v) is 4.94. The van der Waals surface area contributed by atoms with Gasteiger partial charge in [0.05, 0.1) is 0 Å². The predicted molar refractivity (Wildman–Crippen MR) is 51.0 cm³/mol. The number of hydrogen-bond acceptors (Lipinski definition) is 2. The Morgan fingerprint density at radius 3 is 2.57 bits per heavy atom. The Hall–Kier alpha value is -1.26. The Morgan fingerprint density at radius 1 is 1.36 bits per heavy atom. The highest BCUT2D eigenvalue weighted by atomic mass is 16.4. The minimum atomic E-state index is -0.828. The first-order valence-electron chi connectivity index (χ1n) is 4.94. The zero-order chi connectivity index (χ0) is 10.4. The Balaban J connectivity index is 1.94. The fourth-order valence-electron chi connectivity index (χ4n) is 1.23. The Kier molecular flexibility index (Phi) is 4.22. The van der Waals surface area contributed by atoms with Gasteiger partial charge in [0.1, 0.15) is 0 Å². The van der Waals surface area contributed by atoms with Gasteiger partial charge >= 0.3 is 12.0 Å². The van der Waals surface area contributed by atoms with Crippen LogP contribution in [0.25, 0.3) is 0 Å². The van der Waals surface area contributed by atoms with Crippen molar-refractivity contribution in [1.82, 2.24) is 10.6 Å². The summed E-state index contributed by atoms with van der Waals surface area (Å²) in [6.45, 7) is 0.421. The van der Waals surface area contributed by atoms with Crippen LogP contribution >= 0.6 is 0 Å². The summed E-state index contributed by atoms with van der Waals surface area (Å²) in [5.41, 5.74) is 0. The summed E-state index contributed by atoms with van der Waals surface area (Å²) in [7, 11) is 0. The Labute approximate surface area is 82.9 Å². The largest absolute Gasteiger partial charge is 0.481 e. The van der Waals surface area contributed by atoms with Gasteiger partial charge in [0.2, 0.25) is 0 Å². The number of carbonyl (C=O) groups is 2. The molecule has 1 saturated carbocycles. The molecule has 0 radical (unpaired) electrons. The minimum absolute atomic E-state index is 0.101. The molecule has 1 fully saturated rings. The van der Waals surface area contributed by atoms with Gasteiger partial charge in [0.15, 0.2) is 0 Å². The van der Waals surface area contributed by atoms with E-state index in [1.807, 2.05) is 0 Å². The molecule has 0 aromatic rings. The highest BCUT2D eigenvalue weighted by Gasteiger charge is 2.18. The maximum absolute atomic E-state index is 11.1. The van der Waals surface area contributed by atoms with E-state index < -0.39 is 5.97 Å². The lowest BCUT2D eigenvalue weighted by atomic mass is 9.93. The standard InChI is InChI=1S/C9H16N2O3/c12-8(13)5-2-6-10-9(14)11-7-3-1-4-7/h7H,1-6H2,(H,12,13)(H2,10,11,14). The molecule has 14 heavy (non-hydrogen) atoms. The van der Waals surface area contributed by atoms with Gasteiger partial charge in [-0.05, 0) is 25.7 Å². The van der Waals surface area contributed by atoms with E-state index in [4.69, 9.17) is 5.11 Å². The van der Waals surface area contributed by atoms with Crippen molar-refractivity contribution >= 4 is 12.0 Å². The maximum atomic E-state index is 11.1. The molecule has 1 aliphatic rings. The fourth-order valence-corrected chi connectivity index (χ4v) is 1.23. The van der Waals surface area contributed by atoms with Gasteiger partial charge in [0, 0.05) is 19.0 Å². The molecule has 5 heteroatoms. The van der Waals surface area contributed by atoms with Gasteiger partial charge in [0.25, 0.3) is 0 Å². The molecule has 0 spiro atoms. The molecule has 5 nitrogen and oxygen atoms in total. The lowest BCUT2D eigenvalue weighted by molar-refractivity contribution is -0.137. The number of carboxylic acid groups (broad SMARTS) is 1. The predicted octanol–water partition coefficient (Wildman–Crippen LogP) is 0.703. The van der Waals surface area contributed by atoms with Crippen molar-refractivity contribution in [3.8, 4) is 0 Å². The highest BCUT2D eigenvalue weighted by molar-refractivity contribution is 5.74. The van der Waals surface area contributed by atoms with Gasteiger partial charge in [-0.15, -0.1) is 0 Å². The van der Waals surface area contributed by atoms with Gasteiger partial charge in [-0.1, -0.05) is 0 Å². The monoisotopic (exact) mass is 200 g/mol. The lowest BCUT2D eigenvalue weighted by Crippen LogP contribution is -2.45.